The van der Waals surface area contributed by atoms with Gasteiger partial charge in [0.15, 0.2) is 0 Å². The van der Waals surface area contributed by atoms with E-state index >= 15 is 0 Å². The number of aryl methyl sites for hydroxylation is 2. The number of rotatable bonds is 6. The summed E-state index contributed by atoms with van der Waals surface area (Å²) in [6.45, 7) is 1.74. The van der Waals surface area contributed by atoms with Crippen molar-refractivity contribution in [3.63, 3.8) is 0 Å². The monoisotopic (exact) mass is 308 g/mol. The Morgan fingerprint density at radius 3 is 2.35 bits per heavy atom. The van der Waals surface area contributed by atoms with E-state index in [9.17, 15) is 4.79 Å². The topological polar surface area (TPSA) is 41.1 Å². The predicted octanol–water partition coefficient (Wildman–Crippen LogP) is 3.41. The smallest absolute Gasteiger partial charge is 0.228 e. The van der Waals surface area contributed by atoms with E-state index in [-0.39, 0.29) is 11.8 Å². The summed E-state index contributed by atoms with van der Waals surface area (Å²) >= 11 is 0. The molecule has 3 rings (SSSR count). The zero-order chi connectivity index (χ0) is 15.9. The van der Waals surface area contributed by atoms with Gasteiger partial charge in [-0.05, 0) is 55.5 Å². The van der Waals surface area contributed by atoms with Crippen molar-refractivity contribution in [2.45, 2.75) is 25.7 Å². The molecule has 23 heavy (non-hydrogen) atoms. The Bertz CT molecular complexity index is 616. The minimum absolute atomic E-state index is 0.112. The Hall–Kier alpha value is -2.13. The summed E-state index contributed by atoms with van der Waals surface area (Å²) in [7, 11) is 0. The van der Waals surface area contributed by atoms with E-state index in [1.165, 1.54) is 11.1 Å². The molecule has 1 saturated heterocycles. The van der Waals surface area contributed by atoms with Gasteiger partial charge in [0.05, 0.1) is 5.92 Å². The fourth-order valence-electron chi connectivity index (χ4n) is 3.02. The van der Waals surface area contributed by atoms with E-state index in [2.05, 4.69) is 53.1 Å². The van der Waals surface area contributed by atoms with Gasteiger partial charge in [0.2, 0.25) is 5.91 Å². The lowest BCUT2D eigenvalue weighted by molar-refractivity contribution is -0.119. The Balaban J connectivity index is 1.46. The largest absolute Gasteiger partial charge is 0.326 e. The molecule has 1 fully saturated rings. The molecule has 120 valence electrons. The number of hydrogen-bond acceptors (Lipinski definition) is 2. The summed E-state index contributed by atoms with van der Waals surface area (Å²) < 4.78 is 0. The van der Waals surface area contributed by atoms with E-state index in [0.717, 1.165) is 44.5 Å². The summed E-state index contributed by atoms with van der Waals surface area (Å²) in [5, 5.41) is 6.24. The Labute approximate surface area is 138 Å². The summed E-state index contributed by atoms with van der Waals surface area (Å²) in [6, 6.07) is 18.8. The van der Waals surface area contributed by atoms with Crippen LogP contribution in [0.5, 0.6) is 0 Å². The molecule has 1 heterocycles. The third kappa shape index (κ3) is 4.67. The molecule has 1 aliphatic heterocycles. The quantitative estimate of drug-likeness (QED) is 0.858. The van der Waals surface area contributed by atoms with Crippen molar-refractivity contribution in [2.75, 3.05) is 18.4 Å². The highest BCUT2D eigenvalue weighted by Crippen LogP contribution is 2.15. The molecule has 2 aromatic rings. The van der Waals surface area contributed by atoms with Gasteiger partial charge >= 0.3 is 0 Å². The summed E-state index contributed by atoms with van der Waals surface area (Å²) in [4.78, 5) is 12.1. The van der Waals surface area contributed by atoms with Gasteiger partial charge in [-0.25, -0.2) is 0 Å². The zero-order valence-corrected chi connectivity index (χ0v) is 13.4. The summed E-state index contributed by atoms with van der Waals surface area (Å²) in [6.07, 6.45) is 4.25. The number of nitrogens with one attached hydrogen (secondary N) is 2. The Kier molecular flexibility index (Phi) is 5.43. The highest BCUT2D eigenvalue weighted by Gasteiger charge is 2.22. The molecule has 1 unspecified atom stereocenters. The first kappa shape index (κ1) is 15.8. The molecular weight excluding hydrogens is 284 g/mol. The van der Waals surface area contributed by atoms with Crippen LogP contribution in [0.15, 0.2) is 54.6 Å². The van der Waals surface area contributed by atoms with E-state index in [0.29, 0.717) is 0 Å². The molecule has 0 aliphatic carbocycles. The highest BCUT2D eigenvalue weighted by atomic mass is 16.1. The molecule has 0 radical (unpaired) electrons. The van der Waals surface area contributed by atoms with Gasteiger partial charge in [-0.3, -0.25) is 4.79 Å². The average Bonchev–Trinajstić information content (AvgIpc) is 3.12. The average molecular weight is 308 g/mol. The van der Waals surface area contributed by atoms with Crippen molar-refractivity contribution in [1.29, 1.82) is 0 Å². The van der Waals surface area contributed by atoms with Crippen LogP contribution in [-0.2, 0) is 17.6 Å². The number of benzene rings is 2. The second-order valence-corrected chi connectivity index (χ2v) is 6.22. The lowest BCUT2D eigenvalue weighted by atomic mass is 10.0. The van der Waals surface area contributed by atoms with Crippen LogP contribution in [0.4, 0.5) is 5.69 Å². The Morgan fingerprint density at radius 2 is 1.70 bits per heavy atom. The maximum Gasteiger partial charge on any atom is 0.228 e. The normalized spacial score (nSPS) is 17.1. The molecule has 2 N–H and O–H groups in total. The Morgan fingerprint density at radius 1 is 1.00 bits per heavy atom. The van der Waals surface area contributed by atoms with Crippen molar-refractivity contribution in [3.8, 4) is 0 Å². The van der Waals surface area contributed by atoms with Crippen molar-refractivity contribution >= 4 is 11.6 Å². The number of anilines is 1. The molecule has 0 saturated carbocycles. The molecule has 2 aromatic carbocycles. The van der Waals surface area contributed by atoms with E-state index in [4.69, 9.17) is 0 Å². The molecule has 3 heteroatoms. The van der Waals surface area contributed by atoms with Crippen LogP contribution in [0.2, 0.25) is 0 Å². The van der Waals surface area contributed by atoms with Crippen molar-refractivity contribution < 1.29 is 4.79 Å². The molecular formula is C20H24N2O. The van der Waals surface area contributed by atoms with Crippen molar-refractivity contribution in [1.82, 2.24) is 5.32 Å². The minimum Gasteiger partial charge on any atom is -0.326 e. The molecule has 0 spiro atoms. The summed E-state index contributed by atoms with van der Waals surface area (Å²) in [5.41, 5.74) is 3.61. The zero-order valence-electron chi connectivity index (χ0n) is 13.4. The SMILES string of the molecule is O=C(Nc1ccc(CCCc2ccccc2)cc1)C1CCNC1. The highest BCUT2D eigenvalue weighted by molar-refractivity contribution is 5.92. The predicted molar refractivity (Wildman–Crippen MR) is 94.5 cm³/mol. The fraction of sp³-hybridized carbons (Fsp3) is 0.350. The van der Waals surface area contributed by atoms with Gasteiger partial charge in [-0.1, -0.05) is 42.5 Å². The van der Waals surface area contributed by atoms with Gasteiger partial charge in [0, 0.05) is 12.2 Å². The second kappa shape index (κ2) is 7.93. The summed E-state index contributed by atoms with van der Waals surface area (Å²) in [5.74, 6) is 0.243. The maximum absolute atomic E-state index is 12.1. The molecule has 1 atom stereocenters. The van der Waals surface area contributed by atoms with Gasteiger partial charge in [-0.15, -0.1) is 0 Å². The van der Waals surface area contributed by atoms with Crippen LogP contribution in [0, 0.1) is 5.92 Å². The maximum atomic E-state index is 12.1. The number of carbonyl (C=O) groups is 1. The van der Waals surface area contributed by atoms with Crippen LogP contribution in [0.3, 0.4) is 0 Å². The van der Waals surface area contributed by atoms with Gasteiger partial charge in [-0.2, -0.15) is 0 Å². The first-order valence-electron chi connectivity index (χ1n) is 8.46. The first-order valence-corrected chi connectivity index (χ1v) is 8.46. The number of hydrogen-bond donors (Lipinski definition) is 2. The van der Waals surface area contributed by atoms with Crippen molar-refractivity contribution in [3.05, 3.63) is 65.7 Å². The standard InChI is InChI=1S/C20H24N2O/c23-20(18-13-14-21-15-18)22-19-11-9-17(10-12-19)8-4-7-16-5-2-1-3-6-16/h1-3,5-6,9-12,18,21H,4,7-8,13-15H2,(H,22,23). The third-order valence-corrected chi connectivity index (χ3v) is 4.43. The lowest BCUT2D eigenvalue weighted by Gasteiger charge is -2.10. The third-order valence-electron chi connectivity index (χ3n) is 4.43. The van der Waals surface area contributed by atoms with Gasteiger partial charge in [0.1, 0.15) is 0 Å². The minimum atomic E-state index is 0.112. The van der Waals surface area contributed by atoms with Gasteiger partial charge < -0.3 is 10.6 Å². The molecule has 0 bridgehead atoms. The van der Waals surface area contributed by atoms with Crippen molar-refractivity contribution in [2.24, 2.45) is 5.92 Å². The van der Waals surface area contributed by atoms with Crippen LogP contribution in [-0.4, -0.2) is 19.0 Å². The fourth-order valence-corrected chi connectivity index (χ4v) is 3.02. The van der Waals surface area contributed by atoms with Crippen LogP contribution < -0.4 is 10.6 Å². The van der Waals surface area contributed by atoms with E-state index in [1.807, 2.05) is 12.1 Å². The molecule has 1 amide bonds. The van der Waals surface area contributed by atoms with E-state index < -0.39 is 0 Å². The lowest BCUT2D eigenvalue weighted by Crippen LogP contribution is -2.24. The molecule has 3 nitrogen and oxygen atoms in total. The first-order chi connectivity index (χ1) is 11.3. The molecule has 1 aliphatic rings. The number of carbonyl (C=O) groups excluding carboxylic acids is 1. The van der Waals surface area contributed by atoms with Crippen LogP contribution in [0.25, 0.3) is 0 Å². The second-order valence-electron chi connectivity index (χ2n) is 6.22. The van der Waals surface area contributed by atoms with Crippen LogP contribution in [0.1, 0.15) is 24.0 Å². The number of amides is 1. The molecule has 0 aromatic heterocycles. The van der Waals surface area contributed by atoms with Gasteiger partial charge in [0.25, 0.3) is 0 Å². The van der Waals surface area contributed by atoms with Crippen LogP contribution >= 0.6 is 0 Å². The van der Waals surface area contributed by atoms with E-state index in [1.54, 1.807) is 0 Å².